The van der Waals surface area contributed by atoms with Gasteiger partial charge in [0.05, 0.1) is 6.61 Å². The number of anilines is 1. The summed E-state index contributed by atoms with van der Waals surface area (Å²) in [4.78, 5) is 11.4. The van der Waals surface area contributed by atoms with Gasteiger partial charge in [-0.15, -0.1) is 0 Å². The summed E-state index contributed by atoms with van der Waals surface area (Å²) in [5.41, 5.74) is 0.562. The summed E-state index contributed by atoms with van der Waals surface area (Å²) in [7, 11) is 0. The molecule has 1 amide bonds. The Bertz CT molecular complexity index is 341. The molecule has 0 fully saturated rings. The molecule has 0 saturated heterocycles. The second kappa shape index (κ2) is 7.76. The van der Waals surface area contributed by atoms with Crippen molar-refractivity contribution < 1.29 is 13.9 Å². The van der Waals surface area contributed by atoms with E-state index in [1.807, 2.05) is 6.92 Å². The van der Waals surface area contributed by atoms with Crippen LogP contribution < -0.4 is 10.6 Å². The normalized spacial score (nSPS) is 10.2. The first-order chi connectivity index (χ1) is 8.22. The third-order valence-corrected chi connectivity index (χ3v) is 2.03. The maximum atomic E-state index is 12.6. The van der Waals surface area contributed by atoms with Crippen LogP contribution in [0.15, 0.2) is 24.3 Å². The molecule has 1 rings (SSSR count). The molecule has 0 spiro atoms. The van der Waals surface area contributed by atoms with Crippen LogP contribution in [-0.2, 0) is 9.53 Å². The lowest BCUT2D eigenvalue weighted by Crippen LogP contribution is -2.23. The van der Waals surface area contributed by atoms with Crippen molar-refractivity contribution in [2.24, 2.45) is 0 Å². The minimum atomic E-state index is -0.329. The van der Waals surface area contributed by atoms with E-state index >= 15 is 0 Å². The van der Waals surface area contributed by atoms with Crippen molar-refractivity contribution in [2.75, 3.05) is 31.6 Å². The number of ether oxygens (including phenoxy) is 1. The average Bonchev–Trinajstić information content (AvgIpc) is 2.32. The van der Waals surface area contributed by atoms with E-state index in [1.165, 1.54) is 24.3 Å². The maximum absolute atomic E-state index is 12.6. The van der Waals surface area contributed by atoms with Crippen LogP contribution in [0.25, 0.3) is 0 Å². The van der Waals surface area contributed by atoms with E-state index in [0.29, 0.717) is 12.3 Å². The third-order valence-electron chi connectivity index (χ3n) is 2.03. The summed E-state index contributed by atoms with van der Waals surface area (Å²) in [6.45, 7) is 4.10. The van der Waals surface area contributed by atoms with Crippen LogP contribution in [0.4, 0.5) is 10.1 Å². The first-order valence-corrected chi connectivity index (χ1v) is 5.56. The van der Waals surface area contributed by atoms with Gasteiger partial charge >= 0.3 is 0 Å². The zero-order valence-corrected chi connectivity index (χ0v) is 9.83. The molecule has 17 heavy (non-hydrogen) atoms. The molecule has 0 aromatic heterocycles. The van der Waals surface area contributed by atoms with Crippen molar-refractivity contribution >= 4 is 11.6 Å². The molecule has 0 unspecified atom stereocenters. The molecule has 0 bridgehead atoms. The van der Waals surface area contributed by atoms with Gasteiger partial charge in [-0.05, 0) is 30.8 Å². The maximum Gasteiger partial charge on any atom is 0.250 e. The van der Waals surface area contributed by atoms with Gasteiger partial charge in [-0.1, -0.05) is 6.92 Å². The smallest absolute Gasteiger partial charge is 0.250 e. The Morgan fingerprint density at radius 1 is 1.35 bits per heavy atom. The van der Waals surface area contributed by atoms with Gasteiger partial charge in [0.15, 0.2) is 0 Å². The number of rotatable bonds is 7. The van der Waals surface area contributed by atoms with E-state index in [0.717, 1.165) is 13.1 Å². The molecular formula is C12H17FN2O2. The van der Waals surface area contributed by atoms with Gasteiger partial charge in [-0.25, -0.2) is 4.39 Å². The topological polar surface area (TPSA) is 50.4 Å². The van der Waals surface area contributed by atoms with Crippen LogP contribution >= 0.6 is 0 Å². The quantitative estimate of drug-likeness (QED) is 0.708. The number of hydrogen-bond donors (Lipinski definition) is 2. The second-order valence-corrected chi connectivity index (χ2v) is 3.46. The second-order valence-electron chi connectivity index (χ2n) is 3.46. The van der Waals surface area contributed by atoms with Crippen LogP contribution in [-0.4, -0.2) is 32.2 Å². The van der Waals surface area contributed by atoms with Crippen molar-refractivity contribution in [1.29, 1.82) is 0 Å². The first kappa shape index (κ1) is 13.6. The Kier molecular flexibility index (Phi) is 6.21. The molecule has 0 aliphatic rings. The van der Waals surface area contributed by atoms with E-state index in [1.54, 1.807) is 0 Å². The number of likely N-dealkylation sites (N-methyl/N-ethyl adjacent to an activating group) is 1. The fourth-order valence-electron chi connectivity index (χ4n) is 1.22. The number of benzene rings is 1. The average molecular weight is 240 g/mol. The van der Waals surface area contributed by atoms with Gasteiger partial charge in [-0.3, -0.25) is 4.79 Å². The van der Waals surface area contributed by atoms with Gasteiger partial charge in [0.25, 0.3) is 0 Å². The SMILES string of the molecule is CCNCCOCC(=O)Nc1ccc(F)cc1. The molecule has 5 heteroatoms. The Hall–Kier alpha value is -1.46. The van der Waals surface area contributed by atoms with Crippen LogP contribution in [0.5, 0.6) is 0 Å². The van der Waals surface area contributed by atoms with Crippen LogP contribution in [0.1, 0.15) is 6.92 Å². The molecule has 0 aliphatic carbocycles. The van der Waals surface area contributed by atoms with Crippen molar-refractivity contribution in [1.82, 2.24) is 5.32 Å². The molecule has 1 aromatic carbocycles. The number of carbonyl (C=O) groups is 1. The molecule has 0 aliphatic heterocycles. The summed E-state index contributed by atoms with van der Waals surface area (Å²) >= 11 is 0. The number of nitrogens with one attached hydrogen (secondary N) is 2. The minimum absolute atomic E-state index is 0.00275. The molecule has 4 nitrogen and oxygen atoms in total. The summed E-state index contributed by atoms with van der Waals surface area (Å²) in [6, 6.07) is 5.60. The Morgan fingerprint density at radius 2 is 2.06 bits per heavy atom. The molecule has 0 saturated carbocycles. The largest absolute Gasteiger partial charge is 0.370 e. The number of hydrogen-bond acceptors (Lipinski definition) is 3. The number of halogens is 1. The summed E-state index contributed by atoms with van der Waals surface area (Å²) < 4.78 is 17.7. The van der Waals surface area contributed by atoms with E-state index in [-0.39, 0.29) is 18.3 Å². The van der Waals surface area contributed by atoms with Crippen molar-refractivity contribution in [3.05, 3.63) is 30.1 Å². The van der Waals surface area contributed by atoms with Crippen molar-refractivity contribution in [2.45, 2.75) is 6.92 Å². The highest BCUT2D eigenvalue weighted by molar-refractivity contribution is 5.91. The highest BCUT2D eigenvalue weighted by Gasteiger charge is 2.02. The summed E-state index contributed by atoms with van der Waals surface area (Å²) in [5.74, 6) is -0.571. The predicted octanol–water partition coefficient (Wildman–Crippen LogP) is 1.39. The van der Waals surface area contributed by atoms with Crippen LogP contribution in [0, 0.1) is 5.82 Å². The number of carbonyl (C=O) groups excluding carboxylic acids is 1. The Morgan fingerprint density at radius 3 is 2.71 bits per heavy atom. The molecule has 0 radical (unpaired) electrons. The van der Waals surface area contributed by atoms with Gasteiger partial charge in [-0.2, -0.15) is 0 Å². The fraction of sp³-hybridized carbons (Fsp3) is 0.417. The Labute approximate surface area is 100 Å². The molecule has 0 heterocycles. The van der Waals surface area contributed by atoms with E-state index in [4.69, 9.17) is 4.74 Å². The summed E-state index contributed by atoms with van der Waals surface area (Å²) in [6.07, 6.45) is 0. The lowest BCUT2D eigenvalue weighted by Gasteiger charge is -2.06. The zero-order chi connectivity index (χ0) is 12.5. The van der Waals surface area contributed by atoms with E-state index < -0.39 is 0 Å². The summed E-state index contributed by atoms with van der Waals surface area (Å²) in [5, 5.41) is 5.69. The van der Waals surface area contributed by atoms with Crippen molar-refractivity contribution in [3.8, 4) is 0 Å². The molecule has 1 aromatic rings. The molecule has 0 atom stereocenters. The van der Waals surface area contributed by atoms with E-state index in [9.17, 15) is 9.18 Å². The first-order valence-electron chi connectivity index (χ1n) is 5.56. The zero-order valence-electron chi connectivity index (χ0n) is 9.83. The third kappa shape index (κ3) is 5.99. The standard InChI is InChI=1S/C12H17FN2O2/c1-2-14-7-8-17-9-12(16)15-11-5-3-10(13)4-6-11/h3-6,14H,2,7-9H2,1H3,(H,15,16). The molecular weight excluding hydrogens is 223 g/mol. The number of amides is 1. The van der Waals surface area contributed by atoms with Gasteiger partial charge < -0.3 is 15.4 Å². The van der Waals surface area contributed by atoms with Crippen LogP contribution in [0.2, 0.25) is 0 Å². The highest BCUT2D eigenvalue weighted by atomic mass is 19.1. The molecule has 2 N–H and O–H groups in total. The monoisotopic (exact) mass is 240 g/mol. The van der Waals surface area contributed by atoms with Crippen LogP contribution in [0.3, 0.4) is 0 Å². The highest BCUT2D eigenvalue weighted by Crippen LogP contribution is 2.07. The predicted molar refractivity (Wildman–Crippen MR) is 64.4 cm³/mol. The van der Waals surface area contributed by atoms with Gasteiger partial charge in [0.1, 0.15) is 12.4 Å². The lowest BCUT2D eigenvalue weighted by molar-refractivity contribution is -0.120. The van der Waals surface area contributed by atoms with E-state index in [2.05, 4.69) is 10.6 Å². The van der Waals surface area contributed by atoms with Gasteiger partial charge in [0.2, 0.25) is 5.91 Å². The van der Waals surface area contributed by atoms with Gasteiger partial charge in [0, 0.05) is 12.2 Å². The minimum Gasteiger partial charge on any atom is -0.370 e. The molecule has 94 valence electrons. The van der Waals surface area contributed by atoms with Crippen molar-refractivity contribution in [3.63, 3.8) is 0 Å². The fourth-order valence-corrected chi connectivity index (χ4v) is 1.22. The Balaban J connectivity index is 2.18. The lowest BCUT2D eigenvalue weighted by atomic mass is 10.3.